The van der Waals surface area contributed by atoms with Crippen LogP contribution in [0.5, 0.6) is 0 Å². The van der Waals surface area contributed by atoms with E-state index in [9.17, 15) is 9.59 Å². The second-order valence-corrected chi connectivity index (χ2v) is 5.87. The first-order valence-electron chi connectivity index (χ1n) is 7.79. The number of nitrogens with zero attached hydrogens (tertiary/aromatic N) is 1. The molecule has 2 rings (SSSR count). The van der Waals surface area contributed by atoms with Gasteiger partial charge in [0.05, 0.1) is 13.0 Å². The molecule has 1 aliphatic rings. The Hall–Kier alpha value is -1.88. The molecule has 5 heteroatoms. The van der Waals surface area contributed by atoms with Crippen molar-refractivity contribution < 1.29 is 19.5 Å². The molecule has 0 heterocycles. The number of hydrogen-bond acceptors (Lipinski definition) is 3. The molecule has 1 aromatic carbocycles. The van der Waals surface area contributed by atoms with Crippen molar-refractivity contribution in [2.45, 2.75) is 38.7 Å². The zero-order valence-electron chi connectivity index (χ0n) is 12.7. The summed E-state index contributed by atoms with van der Waals surface area (Å²) >= 11 is 0. The minimum atomic E-state index is -0.814. The summed E-state index contributed by atoms with van der Waals surface area (Å²) in [5, 5.41) is 10.3. The summed E-state index contributed by atoms with van der Waals surface area (Å²) in [6.07, 6.45) is 5.11. The number of carbonyl (C=O) groups excluding carboxylic acids is 1. The third kappa shape index (κ3) is 5.15. The minimum absolute atomic E-state index is 0.0408. The van der Waals surface area contributed by atoms with Gasteiger partial charge in [-0.3, -0.25) is 14.4 Å². The van der Waals surface area contributed by atoms with E-state index < -0.39 is 5.97 Å². The predicted molar refractivity (Wildman–Crippen MR) is 81.7 cm³/mol. The van der Waals surface area contributed by atoms with Crippen molar-refractivity contribution in [1.29, 1.82) is 0 Å². The van der Waals surface area contributed by atoms with Crippen LogP contribution in [0.15, 0.2) is 30.3 Å². The van der Waals surface area contributed by atoms with E-state index >= 15 is 0 Å². The van der Waals surface area contributed by atoms with Crippen LogP contribution in [-0.4, -0.2) is 29.1 Å². The number of hydrogen-bond donors (Lipinski definition) is 1. The van der Waals surface area contributed by atoms with Crippen LogP contribution in [-0.2, 0) is 21.0 Å². The Morgan fingerprint density at radius 3 is 2.59 bits per heavy atom. The Labute approximate surface area is 130 Å². The van der Waals surface area contributed by atoms with Crippen molar-refractivity contribution in [3.05, 3.63) is 35.9 Å². The van der Waals surface area contributed by atoms with E-state index in [0.717, 1.165) is 31.2 Å². The average molecular weight is 305 g/mol. The largest absolute Gasteiger partial charge is 0.481 e. The molecule has 1 unspecified atom stereocenters. The normalized spacial score (nSPS) is 16.4. The summed E-state index contributed by atoms with van der Waals surface area (Å²) in [5.41, 5.74) is 0.977. The summed E-state index contributed by atoms with van der Waals surface area (Å²) in [4.78, 5) is 27.8. The molecule has 1 saturated carbocycles. The number of carboxylic acid groups (broad SMARTS) is 1. The van der Waals surface area contributed by atoms with Gasteiger partial charge in [-0.05, 0) is 17.4 Å². The van der Waals surface area contributed by atoms with E-state index in [0.29, 0.717) is 25.5 Å². The zero-order valence-corrected chi connectivity index (χ0v) is 12.7. The highest BCUT2D eigenvalue weighted by atomic mass is 16.7. The summed E-state index contributed by atoms with van der Waals surface area (Å²) in [5.74, 6) is -0.481. The van der Waals surface area contributed by atoms with Crippen LogP contribution in [0.1, 0.15) is 37.7 Å². The average Bonchev–Trinajstić information content (AvgIpc) is 3.05. The lowest BCUT2D eigenvalue weighted by atomic mass is 9.88. The van der Waals surface area contributed by atoms with Crippen LogP contribution in [0.25, 0.3) is 0 Å². The van der Waals surface area contributed by atoms with Crippen LogP contribution in [0, 0.1) is 11.8 Å². The van der Waals surface area contributed by atoms with E-state index in [1.54, 1.807) is 0 Å². The minimum Gasteiger partial charge on any atom is -0.481 e. The maximum Gasteiger partial charge on any atom is 0.303 e. The van der Waals surface area contributed by atoms with Gasteiger partial charge in [-0.2, -0.15) is 0 Å². The Kier molecular flexibility index (Phi) is 6.40. The Balaban J connectivity index is 1.90. The van der Waals surface area contributed by atoms with Crippen molar-refractivity contribution in [3.8, 4) is 0 Å². The van der Waals surface area contributed by atoms with Crippen molar-refractivity contribution >= 4 is 12.4 Å². The third-order valence-electron chi connectivity index (χ3n) is 4.28. The van der Waals surface area contributed by atoms with Crippen LogP contribution in [0.3, 0.4) is 0 Å². The van der Waals surface area contributed by atoms with Crippen molar-refractivity contribution in [3.63, 3.8) is 0 Å². The topological polar surface area (TPSA) is 66.8 Å². The fraction of sp³-hybridized carbons (Fsp3) is 0.529. The highest BCUT2D eigenvalue weighted by Gasteiger charge is 2.28. The molecular formula is C17H23NO4. The van der Waals surface area contributed by atoms with Crippen LogP contribution in [0.2, 0.25) is 0 Å². The number of aliphatic carboxylic acids is 1. The number of hydroxylamine groups is 2. The van der Waals surface area contributed by atoms with Gasteiger partial charge in [-0.15, -0.1) is 0 Å². The van der Waals surface area contributed by atoms with Gasteiger partial charge in [-0.1, -0.05) is 56.0 Å². The smallest absolute Gasteiger partial charge is 0.303 e. The second-order valence-electron chi connectivity index (χ2n) is 5.87. The monoisotopic (exact) mass is 305 g/mol. The number of amides is 1. The molecule has 0 spiro atoms. The molecule has 1 aliphatic carbocycles. The van der Waals surface area contributed by atoms with E-state index in [2.05, 4.69) is 0 Å². The van der Waals surface area contributed by atoms with E-state index in [1.165, 1.54) is 5.06 Å². The van der Waals surface area contributed by atoms with Gasteiger partial charge < -0.3 is 5.11 Å². The highest BCUT2D eigenvalue weighted by Crippen LogP contribution is 2.33. The lowest BCUT2D eigenvalue weighted by Gasteiger charge is -2.26. The van der Waals surface area contributed by atoms with Gasteiger partial charge in [0, 0.05) is 0 Å². The van der Waals surface area contributed by atoms with Crippen LogP contribution >= 0.6 is 0 Å². The van der Waals surface area contributed by atoms with Gasteiger partial charge in [0.2, 0.25) is 6.41 Å². The quantitative estimate of drug-likeness (QED) is 0.563. The Bertz CT molecular complexity index is 471. The van der Waals surface area contributed by atoms with Gasteiger partial charge in [0.15, 0.2) is 0 Å². The molecule has 1 N–H and O–H groups in total. The fourth-order valence-electron chi connectivity index (χ4n) is 3.12. The van der Waals surface area contributed by atoms with Gasteiger partial charge in [-0.25, -0.2) is 5.06 Å². The lowest BCUT2D eigenvalue weighted by molar-refractivity contribution is -0.183. The fourth-order valence-corrected chi connectivity index (χ4v) is 3.12. The van der Waals surface area contributed by atoms with Crippen molar-refractivity contribution in [1.82, 2.24) is 5.06 Å². The predicted octanol–water partition coefficient (Wildman–Crippen LogP) is 2.86. The molecule has 0 radical (unpaired) electrons. The first kappa shape index (κ1) is 16.5. The number of carbonyl (C=O) groups is 2. The van der Waals surface area contributed by atoms with E-state index in [4.69, 9.17) is 9.94 Å². The molecule has 1 aromatic rings. The summed E-state index contributed by atoms with van der Waals surface area (Å²) in [6.45, 7) is 0.650. The van der Waals surface area contributed by atoms with Gasteiger partial charge in [0.1, 0.15) is 6.61 Å². The maximum absolute atomic E-state index is 11.2. The van der Waals surface area contributed by atoms with Crippen molar-refractivity contribution in [2.24, 2.45) is 11.8 Å². The second kappa shape index (κ2) is 8.54. The Morgan fingerprint density at radius 2 is 2.00 bits per heavy atom. The Morgan fingerprint density at radius 1 is 1.32 bits per heavy atom. The van der Waals surface area contributed by atoms with Crippen molar-refractivity contribution in [2.75, 3.05) is 6.54 Å². The molecule has 0 saturated heterocycles. The summed E-state index contributed by atoms with van der Waals surface area (Å²) in [7, 11) is 0. The molecule has 0 aliphatic heterocycles. The maximum atomic E-state index is 11.2. The molecule has 5 nitrogen and oxygen atoms in total. The highest BCUT2D eigenvalue weighted by molar-refractivity contribution is 5.67. The SMILES string of the molecule is O=CN(CC(CC(=O)O)C1CCCC1)OCc1ccccc1. The first-order chi connectivity index (χ1) is 10.7. The molecule has 0 aromatic heterocycles. The molecule has 0 bridgehead atoms. The molecule has 1 atom stereocenters. The molecule has 22 heavy (non-hydrogen) atoms. The lowest BCUT2D eigenvalue weighted by Crippen LogP contribution is -2.33. The third-order valence-corrected chi connectivity index (χ3v) is 4.28. The standard InChI is InChI=1S/C17H23NO4/c19-13-18(22-12-14-6-2-1-3-7-14)11-16(10-17(20)21)15-8-4-5-9-15/h1-3,6-7,13,15-16H,4-5,8-12H2,(H,20,21). The van der Waals surface area contributed by atoms with E-state index in [1.807, 2.05) is 30.3 Å². The molecule has 1 fully saturated rings. The number of benzene rings is 1. The first-order valence-corrected chi connectivity index (χ1v) is 7.79. The molecule has 120 valence electrons. The molecule has 1 amide bonds. The van der Waals surface area contributed by atoms with Crippen LogP contribution in [0.4, 0.5) is 0 Å². The number of carboxylic acids is 1. The van der Waals surface area contributed by atoms with Gasteiger partial charge in [0.25, 0.3) is 0 Å². The van der Waals surface area contributed by atoms with E-state index in [-0.39, 0.29) is 12.3 Å². The molecular weight excluding hydrogens is 282 g/mol. The summed E-state index contributed by atoms with van der Waals surface area (Å²) in [6, 6.07) is 9.60. The van der Waals surface area contributed by atoms with Gasteiger partial charge >= 0.3 is 5.97 Å². The van der Waals surface area contributed by atoms with Crippen LogP contribution < -0.4 is 0 Å². The zero-order chi connectivity index (χ0) is 15.8. The summed E-state index contributed by atoms with van der Waals surface area (Å²) < 4.78 is 0. The number of rotatable bonds is 9.